The summed E-state index contributed by atoms with van der Waals surface area (Å²) >= 11 is 0. The molecule has 3 nitrogen and oxygen atoms in total. The van der Waals surface area contributed by atoms with E-state index in [-0.39, 0.29) is 6.04 Å². The van der Waals surface area contributed by atoms with Crippen LogP contribution in [0.25, 0.3) is 0 Å². The molecule has 0 radical (unpaired) electrons. The number of nitrogens with zero attached hydrogens (tertiary/aromatic N) is 1. The van der Waals surface area contributed by atoms with E-state index in [9.17, 15) is 0 Å². The lowest BCUT2D eigenvalue weighted by atomic mass is 10.1. The van der Waals surface area contributed by atoms with Gasteiger partial charge in [0.15, 0.2) is 0 Å². The van der Waals surface area contributed by atoms with Crippen molar-refractivity contribution in [2.75, 3.05) is 7.05 Å². The van der Waals surface area contributed by atoms with Crippen LogP contribution in [0, 0.1) is 0 Å². The minimum Gasteiger partial charge on any atom is -0.489 e. The van der Waals surface area contributed by atoms with Gasteiger partial charge in [-0.05, 0) is 51.8 Å². The second-order valence-corrected chi connectivity index (χ2v) is 5.16. The van der Waals surface area contributed by atoms with Crippen LogP contribution < -0.4 is 10.1 Å². The lowest BCUT2D eigenvalue weighted by molar-refractivity contribution is 0.183. The van der Waals surface area contributed by atoms with Crippen molar-refractivity contribution in [3.8, 4) is 5.75 Å². The average Bonchev–Trinajstić information content (AvgIpc) is 2.67. The largest absolute Gasteiger partial charge is 0.489 e. The minimum atomic E-state index is 0.289. The van der Waals surface area contributed by atoms with Gasteiger partial charge in [-0.2, -0.15) is 0 Å². The summed E-state index contributed by atoms with van der Waals surface area (Å²) < 4.78 is 6.02. The zero-order valence-corrected chi connectivity index (χ0v) is 11.5. The minimum absolute atomic E-state index is 0.289. The van der Waals surface area contributed by atoms with E-state index in [0.29, 0.717) is 6.10 Å². The Labute approximate surface area is 110 Å². The van der Waals surface area contributed by atoms with Crippen molar-refractivity contribution in [3.63, 3.8) is 0 Å². The lowest BCUT2D eigenvalue weighted by Gasteiger charge is -2.17. The molecule has 1 heterocycles. The summed E-state index contributed by atoms with van der Waals surface area (Å²) in [6.45, 7) is 2.11. The molecular formula is C15H24N2O. The van der Waals surface area contributed by atoms with Gasteiger partial charge in [0.05, 0.1) is 18.0 Å². The average molecular weight is 248 g/mol. The third-order valence-electron chi connectivity index (χ3n) is 3.74. The van der Waals surface area contributed by atoms with Crippen LogP contribution in [0.1, 0.15) is 57.2 Å². The van der Waals surface area contributed by atoms with E-state index in [0.717, 1.165) is 11.4 Å². The van der Waals surface area contributed by atoms with Gasteiger partial charge in [-0.15, -0.1) is 0 Å². The molecule has 0 aliphatic heterocycles. The molecule has 0 saturated heterocycles. The number of ether oxygens (including phenoxy) is 1. The van der Waals surface area contributed by atoms with Gasteiger partial charge in [-0.1, -0.05) is 12.8 Å². The van der Waals surface area contributed by atoms with Gasteiger partial charge in [0.2, 0.25) is 0 Å². The highest BCUT2D eigenvalue weighted by Crippen LogP contribution is 2.23. The Kier molecular flexibility index (Phi) is 5.00. The fourth-order valence-electron chi connectivity index (χ4n) is 2.42. The highest BCUT2D eigenvalue weighted by atomic mass is 16.5. The summed E-state index contributed by atoms with van der Waals surface area (Å²) in [5, 5.41) is 3.19. The predicted molar refractivity (Wildman–Crippen MR) is 73.8 cm³/mol. The van der Waals surface area contributed by atoms with E-state index in [4.69, 9.17) is 4.74 Å². The van der Waals surface area contributed by atoms with Crippen LogP contribution >= 0.6 is 0 Å². The maximum absolute atomic E-state index is 6.02. The van der Waals surface area contributed by atoms with Crippen molar-refractivity contribution in [2.24, 2.45) is 0 Å². The van der Waals surface area contributed by atoms with Crippen LogP contribution in [0.3, 0.4) is 0 Å². The van der Waals surface area contributed by atoms with E-state index in [1.807, 2.05) is 25.4 Å². The molecule has 0 spiro atoms. The van der Waals surface area contributed by atoms with E-state index >= 15 is 0 Å². The quantitative estimate of drug-likeness (QED) is 0.829. The van der Waals surface area contributed by atoms with Gasteiger partial charge in [0.1, 0.15) is 5.75 Å². The fraction of sp³-hybridized carbons (Fsp3) is 0.667. The maximum atomic E-state index is 6.02. The van der Waals surface area contributed by atoms with E-state index in [1.54, 1.807) is 0 Å². The molecule has 1 unspecified atom stereocenters. The maximum Gasteiger partial charge on any atom is 0.138 e. The van der Waals surface area contributed by atoms with Crippen molar-refractivity contribution >= 4 is 0 Å². The summed E-state index contributed by atoms with van der Waals surface area (Å²) in [6.07, 6.45) is 9.94. The second kappa shape index (κ2) is 6.74. The molecule has 0 aromatic carbocycles. The monoisotopic (exact) mass is 248 g/mol. The molecular weight excluding hydrogens is 224 g/mol. The van der Waals surface area contributed by atoms with Crippen LogP contribution in [0.15, 0.2) is 18.3 Å². The summed E-state index contributed by atoms with van der Waals surface area (Å²) in [6, 6.07) is 4.38. The first-order chi connectivity index (χ1) is 8.79. The van der Waals surface area contributed by atoms with Gasteiger partial charge in [-0.3, -0.25) is 4.98 Å². The van der Waals surface area contributed by atoms with Gasteiger partial charge >= 0.3 is 0 Å². The Morgan fingerprint density at radius 2 is 1.94 bits per heavy atom. The SMILES string of the molecule is CNC(C)c1ccc(OC2CCCCCC2)cn1. The number of pyridine rings is 1. The van der Waals surface area contributed by atoms with Crippen molar-refractivity contribution in [1.82, 2.24) is 10.3 Å². The van der Waals surface area contributed by atoms with Crippen molar-refractivity contribution in [2.45, 2.75) is 57.6 Å². The predicted octanol–water partition coefficient (Wildman–Crippen LogP) is 3.46. The van der Waals surface area contributed by atoms with E-state index < -0.39 is 0 Å². The molecule has 2 rings (SSSR count). The molecule has 18 heavy (non-hydrogen) atoms. The zero-order chi connectivity index (χ0) is 12.8. The first-order valence-corrected chi connectivity index (χ1v) is 7.09. The number of aromatic nitrogens is 1. The highest BCUT2D eigenvalue weighted by molar-refractivity contribution is 5.21. The van der Waals surface area contributed by atoms with Crippen LogP contribution in [0.2, 0.25) is 0 Å². The zero-order valence-electron chi connectivity index (χ0n) is 11.5. The van der Waals surface area contributed by atoms with Crippen molar-refractivity contribution in [1.29, 1.82) is 0 Å². The number of rotatable bonds is 4. The van der Waals surface area contributed by atoms with E-state index in [1.165, 1.54) is 38.5 Å². The topological polar surface area (TPSA) is 34.1 Å². The highest BCUT2D eigenvalue weighted by Gasteiger charge is 2.14. The Morgan fingerprint density at radius 1 is 1.22 bits per heavy atom. The lowest BCUT2D eigenvalue weighted by Crippen LogP contribution is -2.16. The molecule has 1 aromatic heterocycles. The summed E-state index contributed by atoms with van der Waals surface area (Å²) in [5.74, 6) is 0.911. The Morgan fingerprint density at radius 3 is 2.50 bits per heavy atom. The second-order valence-electron chi connectivity index (χ2n) is 5.16. The van der Waals surface area contributed by atoms with Gasteiger partial charge in [-0.25, -0.2) is 0 Å². The molecule has 3 heteroatoms. The van der Waals surface area contributed by atoms with Gasteiger partial charge < -0.3 is 10.1 Å². The van der Waals surface area contributed by atoms with Crippen LogP contribution in [-0.4, -0.2) is 18.1 Å². The molecule has 0 bridgehead atoms. The summed E-state index contributed by atoms with van der Waals surface area (Å²) in [4.78, 5) is 4.45. The normalized spacial score (nSPS) is 19.2. The van der Waals surface area contributed by atoms with E-state index in [2.05, 4.69) is 17.2 Å². The standard InChI is InChI=1S/C15H24N2O/c1-12(16-2)15-10-9-14(11-17-15)18-13-7-5-3-4-6-8-13/h9-13,16H,3-8H2,1-2H3. The summed E-state index contributed by atoms with van der Waals surface area (Å²) in [7, 11) is 1.95. The molecule has 1 aromatic rings. The molecule has 1 atom stereocenters. The molecule has 100 valence electrons. The number of nitrogens with one attached hydrogen (secondary N) is 1. The molecule has 1 aliphatic carbocycles. The third kappa shape index (κ3) is 3.70. The summed E-state index contributed by atoms with van der Waals surface area (Å²) in [5.41, 5.74) is 1.06. The van der Waals surface area contributed by atoms with Gasteiger partial charge in [0, 0.05) is 6.04 Å². The molecule has 1 aliphatic rings. The van der Waals surface area contributed by atoms with Gasteiger partial charge in [0.25, 0.3) is 0 Å². The first-order valence-electron chi connectivity index (χ1n) is 7.09. The first kappa shape index (κ1) is 13.3. The third-order valence-corrected chi connectivity index (χ3v) is 3.74. The van der Waals surface area contributed by atoms with Crippen LogP contribution in [0.4, 0.5) is 0 Å². The Balaban J connectivity index is 1.92. The molecule has 1 saturated carbocycles. The number of hydrogen-bond acceptors (Lipinski definition) is 3. The fourth-order valence-corrected chi connectivity index (χ4v) is 2.42. The van der Waals surface area contributed by atoms with Crippen molar-refractivity contribution in [3.05, 3.63) is 24.0 Å². The smallest absolute Gasteiger partial charge is 0.138 e. The van der Waals surface area contributed by atoms with Crippen molar-refractivity contribution < 1.29 is 4.74 Å². The Bertz CT molecular complexity index is 342. The van der Waals surface area contributed by atoms with Crippen LogP contribution in [-0.2, 0) is 0 Å². The number of hydrogen-bond donors (Lipinski definition) is 1. The van der Waals surface area contributed by atoms with Crippen LogP contribution in [0.5, 0.6) is 5.75 Å². The Hall–Kier alpha value is -1.09. The molecule has 0 amide bonds. The molecule has 1 fully saturated rings. The molecule has 1 N–H and O–H groups in total.